The molecule has 0 aliphatic carbocycles. The van der Waals surface area contributed by atoms with Crippen molar-refractivity contribution in [2.75, 3.05) is 4.90 Å². The van der Waals surface area contributed by atoms with Crippen LogP contribution in [0.1, 0.15) is 32.4 Å². The zero-order valence-electron chi connectivity index (χ0n) is 10.6. The zero-order valence-corrected chi connectivity index (χ0v) is 10.6. The average Bonchev–Trinajstić information content (AvgIpc) is 2.73. The van der Waals surface area contributed by atoms with Crippen LogP contribution >= 0.6 is 0 Å². The molecule has 5 heteroatoms. The average molecular weight is 244 g/mol. The van der Waals surface area contributed by atoms with Gasteiger partial charge in [-0.05, 0) is 19.4 Å². The second-order valence-corrected chi connectivity index (χ2v) is 4.75. The maximum absolute atomic E-state index is 12.3. The summed E-state index contributed by atoms with van der Waals surface area (Å²) >= 11 is 0. The molecule has 1 aliphatic rings. The van der Waals surface area contributed by atoms with Gasteiger partial charge < -0.3 is 0 Å². The fraction of sp³-hybridized carbons (Fsp3) is 0.462. The molecule has 0 aromatic carbocycles. The summed E-state index contributed by atoms with van der Waals surface area (Å²) in [6.07, 6.45) is 3.83. The number of carbonyl (C=O) groups excluding carboxylic acids is 1. The Kier molecular flexibility index (Phi) is 2.54. The lowest BCUT2D eigenvalue weighted by Gasteiger charge is -2.27. The number of rotatable bonds is 2. The molecule has 2 aromatic heterocycles. The quantitative estimate of drug-likeness (QED) is 0.879. The third-order valence-corrected chi connectivity index (χ3v) is 3.64. The van der Waals surface area contributed by atoms with Gasteiger partial charge >= 0.3 is 0 Å². The Morgan fingerprint density at radius 3 is 3.11 bits per heavy atom. The maximum atomic E-state index is 12.3. The molecule has 0 fully saturated rings. The highest BCUT2D eigenvalue weighted by Gasteiger charge is 2.28. The first-order valence-electron chi connectivity index (χ1n) is 6.36. The van der Waals surface area contributed by atoms with Crippen LogP contribution in [0.2, 0.25) is 0 Å². The van der Waals surface area contributed by atoms with Crippen LogP contribution in [0.3, 0.4) is 0 Å². The third-order valence-electron chi connectivity index (χ3n) is 3.64. The SMILES string of the molecule is CCC(C)N1C(=O)CCc2n[nH]c3ccnc1c23. The minimum absolute atomic E-state index is 0.141. The summed E-state index contributed by atoms with van der Waals surface area (Å²) in [5, 5.41) is 8.31. The van der Waals surface area contributed by atoms with Crippen LogP contribution in [-0.4, -0.2) is 27.1 Å². The van der Waals surface area contributed by atoms with Crippen molar-refractivity contribution >= 4 is 22.6 Å². The maximum Gasteiger partial charge on any atom is 0.228 e. The van der Waals surface area contributed by atoms with E-state index in [9.17, 15) is 4.79 Å². The Morgan fingerprint density at radius 2 is 2.33 bits per heavy atom. The molecule has 1 atom stereocenters. The first-order valence-corrected chi connectivity index (χ1v) is 6.36. The molecule has 1 amide bonds. The van der Waals surface area contributed by atoms with Gasteiger partial charge in [0.25, 0.3) is 0 Å². The number of nitrogens with zero attached hydrogens (tertiary/aromatic N) is 3. The van der Waals surface area contributed by atoms with Crippen LogP contribution < -0.4 is 4.90 Å². The Morgan fingerprint density at radius 1 is 1.50 bits per heavy atom. The molecule has 0 saturated carbocycles. The van der Waals surface area contributed by atoms with E-state index in [2.05, 4.69) is 29.0 Å². The van der Waals surface area contributed by atoms with Crippen molar-refractivity contribution in [3.05, 3.63) is 18.0 Å². The molecule has 0 spiro atoms. The molecule has 0 saturated heterocycles. The standard InChI is InChI=1S/C13H16N4O/c1-3-8(2)17-11(18)5-4-9-12-10(16-15-9)6-7-14-13(12)17/h6-8H,3-5H2,1-2H3,(H,15,16). The van der Waals surface area contributed by atoms with Crippen LogP contribution in [-0.2, 0) is 11.2 Å². The lowest BCUT2D eigenvalue weighted by Crippen LogP contribution is -2.38. The molecule has 18 heavy (non-hydrogen) atoms. The molecule has 1 unspecified atom stereocenters. The lowest BCUT2D eigenvalue weighted by molar-refractivity contribution is -0.119. The number of nitrogens with one attached hydrogen (secondary N) is 1. The number of H-pyrrole nitrogens is 1. The lowest BCUT2D eigenvalue weighted by atomic mass is 10.2. The number of aromatic nitrogens is 3. The van der Waals surface area contributed by atoms with Crippen molar-refractivity contribution in [3.63, 3.8) is 0 Å². The van der Waals surface area contributed by atoms with E-state index in [-0.39, 0.29) is 11.9 Å². The van der Waals surface area contributed by atoms with Crippen molar-refractivity contribution in [2.45, 2.75) is 39.2 Å². The number of aryl methyl sites for hydroxylation is 1. The number of hydrogen-bond donors (Lipinski definition) is 1. The highest BCUT2D eigenvalue weighted by molar-refractivity contribution is 6.04. The molecule has 0 radical (unpaired) electrons. The van der Waals surface area contributed by atoms with Crippen LogP contribution in [0.5, 0.6) is 0 Å². The monoisotopic (exact) mass is 244 g/mol. The van der Waals surface area contributed by atoms with Gasteiger partial charge in [-0.25, -0.2) is 4.98 Å². The summed E-state index contributed by atoms with van der Waals surface area (Å²) in [5.74, 6) is 0.899. The van der Waals surface area contributed by atoms with Gasteiger partial charge in [0.05, 0.1) is 16.6 Å². The van der Waals surface area contributed by atoms with E-state index in [0.717, 1.165) is 28.8 Å². The van der Waals surface area contributed by atoms with Gasteiger partial charge in [0.15, 0.2) is 0 Å². The third kappa shape index (κ3) is 1.50. The molecule has 3 heterocycles. The van der Waals surface area contributed by atoms with E-state index in [1.54, 1.807) is 6.20 Å². The van der Waals surface area contributed by atoms with Crippen molar-refractivity contribution in [1.82, 2.24) is 15.2 Å². The second-order valence-electron chi connectivity index (χ2n) is 4.75. The van der Waals surface area contributed by atoms with Gasteiger partial charge in [-0.3, -0.25) is 14.8 Å². The predicted octanol–water partition coefficient (Wildman–Crippen LogP) is 2.04. The van der Waals surface area contributed by atoms with E-state index < -0.39 is 0 Å². The van der Waals surface area contributed by atoms with E-state index in [0.29, 0.717) is 12.8 Å². The molecular formula is C13H16N4O. The first-order chi connectivity index (χ1) is 8.72. The number of hydrogen-bond acceptors (Lipinski definition) is 3. The van der Waals surface area contributed by atoms with Gasteiger partial charge in [0.1, 0.15) is 5.82 Å². The highest BCUT2D eigenvalue weighted by atomic mass is 16.2. The predicted molar refractivity (Wildman–Crippen MR) is 69.4 cm³/mol. The molecule has 3 rings (SSSR count). The van der Waals surface area contributed by atoms with Crippen LogP contribution in [0.4, 0.5) is 5.82 Å². The van der Waals surface area contributed by atoms with E-state index in [4.69, 9.17) is 0 Å². The van der Waals surface area contributed by atoms with Crippen molar-refractivity contribution in [2.24, 2.45) is 0 Å². The van der Waals surface area contributed by atoms with Gasteiger partial charge in [-0.15, -0.1) is 0 Å². The van der Waals surface area contributed by atoms with Gasteiger partial charge in [0, 0.05) is 25.1 Å². The van der Waals surface area contributed by atoms with Gasteiger partial charge in [-0.1, -0.05) is 6.92 Å². The largest absolute Gasteiger partial charge is 0.293 e. The minimum Gasteiger partial charge on any atom is -0.293 e. The second kappa shape index (κ2) is 4.08. The summed E-state index contributed by atoms with van der Waals surface area (Å²) in [6.45, 7) is 4.14. The molecule has 2 aromatic rings. The molecule has 1 aliphatic heterocycles. The number of aromatic amines is 1. The van der Waals surface area contributed by atoms with E-state index in [1.165, 1.54) is 0 Å². The zero-order chi connectivity index (χ0) is 12.7. The minimum atomic E-state index is 0.141. The van der Waals surface area contributed by atoms with Crippen LogP contribution in [0.25, 0.3) is 10.9 Å². The number of carbonyl (C=O) groups is 1. The fourth-order valence-electron chi connectivity index (χ4n) is 2.48. The Bertz CT molecular complexity index is 604. The summed E-state index contributed by atoms with van der Waals surface area (Å²) in [7, 11) is 0. The topological polar surface area (TPSA) is 61.9 Å². The van der Waals surface area contributed by atoms with Crippen molar-refractivity contribution in [1.29, 1.82) is 0 Å². The highest BCUT2D eigenvalue weighted by Crippen LogP contribution is 2.32. The smallest absolute Gasteiger partial charge is 0.228 e. The van der Waals surface area contributed by atoms with Gasteiger partial charge in [-0.2, -0.15) is 5.10 Å². The van der Waals surface area contributed by atoms with Crippen LogP contribution in [0, 0.1) is 0 Å². The summed E-state index contributed by atoms with van der Waals surface area (Å²) in [6, 6.07) is 2.07. The number of amides is 1. The summed E-state index contributed by atoms with van der Waals surface area (Å²) in [4.78, 5) is 18.5. The molecular weight excluding hydrogens is 228 g/mol. The molecule has 94 valence electrons. The molecule has 5 nitrogen and oxygen atoms in total. The van der Waals surface area contributed by atoms with Crippen molar-refractivity contribution in [3.8, 4) is 0 Å². The number of pyridine rings is 1. The Hall–Kier alpha value is -1.91. The summed E-state index contributed by atoms with van der Waals surface area (Å²) < 4.78 is 0. The normalized spacial score (nSPS) is 17.0. The van der Waals surface area contributed by atoms with Gasteiger partial charge in [0.2, 0.25) is 5.91 Å². The van der Waals surface area contributed by atoms with Crippen LogP contribution in [0.15, 0.2) is 12.3 Å². The van der Waals surface area contributed by atoms with Crippen molar-refractivity contribution < 1.29 is 4.79 Å². The Balaban J connectivity index is 2.25. The number of anilines is 1. The first kappa shape index (κ1) is 11.2. The van der Waals surface area contributed by atoms with E-state index >= 15 is 0 Å². The van der Waals surface area contributed by atoms with E-state index in [1.807, 2.05) is 11.0 Å². The fourth-order valence-corrected chi connectivity index (χ4v) is 2.48. The molecule has 0 bridgehead atoms. The summed E-state index contributed by atoms with van der Waals surface area (Å²) in [5.41, 5.74) is 1.91. The Labute approximate surface area is 105 Å². The molecule has 1 N–H and O–H groups in total.